The van der Waals surface area contributed by atoms with Crippen molar-refractivity contribution in [3.8, 4) is 0 Å². The Labute approximate surface area is 74.4 Å². The van der Waals surface area contributed by atoms with E-state index in [0.717, 1.165) is 10.8 Å². The maximum absolute atomic E-state index is 6.91. The van der Waals surface area contributed by atoms with Crippen molar-refractivity contribution in [3.63, 3.8) is 0 Å². The maximum atomic E-state index is 6.91. The van der Waals surface area contributed by atoms with E-state index in [-0.39, 0.29) is 0 Å². The molecule has 1 radical (unpaired) electrons. The normalized spacial score (nSPS) is 9.91. The molecule has 1 N–H and O–H groups in total. The van der Waals surface area contributed by atoms with Gasteiger partial charge in [-0.1, -0.05) is 16.9 Å². The minimum atomic E-state index is 0.477. The third kappa shape index (κ3) is 3.65. The Morgan fingerprint density at radius 3 is 3.00 bits per heavy atom. The third-order valence-corrected chi connectivity index (χ3v) is 3.23. The molecule has 1 heterocycles. The first-order valence-electron chi connectivity index (χ1n) is 3.28. The summed E-state index contributed by atoms with van der Waals surface area (Å²) in [6, 6.07) is 5.84. The molecule has 0 bridgehead atoms. The summed E-state index contributed by atoms with van der Waals surface area (Å²) in [7, 11) is 3.30. The second-order valence-electron chi connectivity index (χ2n) is 1.82. The van der Waals surface area contributed by atoms with E-state index in [1.165, 1.54) is 0 Å². The minimum Gasteiger partial charge on any atom is -0.257 e. The van der Waals surface area contributed by atoms with Crippen LogP contribution in [0.15, 0.2) is 29.4 Å². The Balaban J connectivity index is 2.28. The van der Waals surface area contributed by atoms with E-state index >= 15 is 0 Å². The molecule has 0 unspecified atom stereocenters. The van der Waals surface area contributed by atoms with Gasteiger partial charge >= 0.3 is 0 Å². The Kier molecular flexibility index (Phi) is 4.42. The molecule has 0 fully saturated rings. The second-order valence-corrected chi connectivity index (χ2v) is 4.26. The van der Waals surface area contributed by atoms with E-state index in [0.29, 0.717) is 6.54 Å². The first kappa shape index (κ1) is 8.90. The molecule has 4 heteroatoms. The lowest BCUT2D eigenvalue weighted by Gasteiger charge is -1.95. The fraction of sp³-hybridized carbons (Fsp3) is 0.286. The summed E-state index contributed by atoms with van der Waals surface area (Å²) in [6.45, 7) is 0.477. The predicted molar refractivity (Wildman–Crippen MR) is 50.5 cm³/mol. The molecule has 0 saturated heterocycles. The number of hydrogen-bond acceptors (Lipinski definition) is 3. The Bertz CT molecular complexity index is 191. The van der Waals surface area contributed by atoms with Gasteiger partial charge in [0.25, 0.3) is 0 Å². The average molecular weight is 185 g/mol. The topological polar surface area (TPSA) is 36.7 Å². The highest BCUT2D eigenvalue weighted by atomic mass is 33.1. The van der Waals surface area contributed by atoms with Crippen molar-refractivity contribution in [1.29, 1.82) is 0 Å². The van der Waals surface area contributed by atoms with Crippen LogP contribution in [0.2, 0.25) is 0 Å². The van der Waals surface area contributed by atoms with Crippen LogP contribution in [0.3, 0.4) is 0 Å². The first-order valence-corrected chi connectivity index (χ1v) is 5.60. The molecule has 0 aromatic carbocycles. The highest BCUT2D eigenvalue weighted by Crippen LogP contribution is 2.27. The zero-order valence-corrected chi connectivity index (χ0v) is 7.62. The van der Waals surface area contributed by atoms with E-state index in [2.05, 4.69) is 4.98 Å². The number of pyridine rings is 1. The number of nitrogens with one attached hydrogen (secondary N) is 1. The van der Waals surface area contributed by atoms with Crippen molar-refractivity contribution in [3.05, 3.63) is 24.4 Å². The lowest BCUT2D eigenvalue weighted by Crippen LogP contribution is -1.85. The minimum absolute atomic E-state index is 0.477. The van der Waals surface area contributed by atoms with Gasteiger partial charge in [0.1, 0.15) is 5.03 Å². The summed E-state index contributed by atoms with van der Waals surface area (Å²) >= 11 is 0. The fourth-order valence-electron chi connectivity index (χ4n) is 0.540. The summed E-state index contributed by atoms with van der Waals surface area (Å²) in [5.74, 6) is 0.862. The van der Waals surface area contributed by atoms with Gasteiger partial charge in [-0.15, -0.1) is 0 Å². The molecular formula is C7H9N2S2. The van der Waals surface area contributed by atoms with Gasteiger partial charge < -0.3 is 0 Å². The highest BCUT2D eigenvalue weighted by molar-refractivity contribution is 8.76. The molecule has 0 aliphatic carbocycles. The van der Waals surface area contributed by atoms with Crippen molar-refractivity contribution < 1.29 is 0 Å². The van der Waals surface area contributed by atoms with Crippen LogP contribution in [0, 0.1) is 0 Å². The van der Waals surface area contributed by atoms with E-state index in [1.807, 2.05) is 18.2 Å². The van der Waals surface area contributed by atoms with Gasteiger partial charge in [-0.2, -0.15) is 0 Å². The molecule has 1 aromatic heterocycles. The maximum Gasteiger partial charge on any atom is 0.106 e. The van der Waals surface area contributed by atoms with Gasteiger partial charge in [-0.25, -0.2) is 4.98 Å². The van der Waals surface area contributed by atoms with Gasteiger partial charge in [0.05, 0.1) is 0 Å². The summed E-state index contributed by atoms with van der Waals surface area (Å²) < 4.78 is 0. The van der Waals surface area contributed by atoms with E-state index in [1.54, 1.807) is 27.8 Å². The summed E-state index contributed by atoms with van der Waals surface area (Å²) in [6.07, 6.45) is 1.78. The fourth-order valence-corrected chi connectivity index (χ4v) is 2.22. The Morgan fingerprint density at radius 2 is 2.36 bits per heavy atom. The Hall–Kier alpha value is -0.190. The molecule has 2 nitrogen and oxygen atoms in total. The zero-order chi connectivity index (χ0) is 7.94. The van der Waals surface area contributed by atoms with Crippen molar-refractivity contribution in [1.82, 2.24) is 10.7 Å². The summed E-state index contributed by atoms with van der Waals surface area (Å²) in [4.78, 5) is 4.13. The molecule has 1 aromatic rings. The molecular weight excluding hydrogens is 176 g/mol. The summed E-state index contributed by atoms with van der Waals surface area (Å²) in [5, 5.41) is 1.02. The molecule has 59 valence electrons. The van der Waals surface area contributed by atoms with Crippen LogP contribution in [0.5, 0.6) is 0 Å². The van der Waals surface area contributed by atoms with Gasteiger partial charge in [0.15, 0.2) is 0 Å². The number of aromatic nitrogens is 1. The van der Waals surface area contributed by atoms with E-state index in [4.69, 9.17) is 5.73 Å². The summed E-state index contributed by atoms with van der Waals surface area (Å²) in [5.41, 5.74) is 6.91. The highest BCUT2D eigenvalue weighted by Gasteiger charge is 1.92. The van der Waals surface area contributed by atoms with Crippen LogP contribution >= 0.6 is 21.6 Å². The van der Waals surface area contributed by atoms with Crippen molar-refractivity contribution in [2.75, 3.05) is 12.3 Å². The number of rotatable bonds is 4. The molecule has 1 rings (SSSR count). The third-order valence-electron chi connectivity index (χ3n) is 0.967. The van der Waals surface area contributed by atoms with Crippen LogP contribution in [-0.2, 0) is 0 Å². The lowest BCUT2D eigenvalue weighted by molar-refractivity contribution is 1.11. The van der Waals surface area contributed by atoms with Crippen LogP contribution < -0.4 is 5.73 Å². The Morgan fingerprint density at radius 1 is 1.45 bits per heavy atom. The molecule has 0 saturated carbocycles. The molecule has 11 heavy (non-hydrogen) atoms. The largest absolute Gasteiger partial charge is 0.257 e. The SMILES string of the molecule is [NH]CCSSc1ccccn1. The van der Waals surface area contributed by atoms with Crippen LogP contribution in [0.25, 0.3) is 0 Å². The predicted octanol–water partition coefficient (Wildman–Crippen LogP) is 2.10. The van der Waals surface area contributed by atoms with Crippen LogP contribution in [0.1, 0.15) is 0 Å². The van der Waals surface area contributed by atoms with Crippen molar-refractivity contribution >= 4 is 21.6 Å². The van der Waals surface area contributed by atoms with E-state index in [9.17, 15) is 0 Å². The van der Waals surface area contributed by atoms with Gasteiger partial charge in [-0.3, -0.25) is 5.73 Å². The van der Waals surface area contributed by atoms with Crippen LogP contribution in [-0.4, -0.2) is 17.3 Å². The monoisotopic (exact) mass is 185 g/mol. The lowest BCUT2D eigenvalue weighted by atomic mass is 10.5. The average Bonchev–Trinajstić information content (AvgIpc) is 2.07. The molecule has 0 amide bonds. The van der Waals surface area contributed by atoms with Crippen molar-refractivity contribution in [2.45, 2.75) is 5.03 Å². The van der Waals surface area contributed by atoms with Gasteiger partial charge in [-0.05, 0) is 22.9 Å². The van der Waals surface area contributed by atoms with Gasteiger partial charge in [0.2, 0.25) is 0 Å². The standard InChI is InChI=1S/C7H9N2S2/c8-4-6-10-11-7-3-1-2-5-9-7/h1-3,5,8H,4,6H2. The zero-order valence-electron chi connectivity index (χ0n) is 5.99. The van der Waals surface area contributed by atoms with Crippen LogP contribution in [0.4, 0.5) is 0 Å². The number of hydrogen-bond donors (Lipinski definition) is 0. The van der Waals surface area contributed by atoms with E-state index < -0.39 is 0 Å². The first-order chi connectivity index (χ1) is 5.43. The molecule has 0 atom stereocenters. The molecule has 0 spiro atoms. The molecule has 0 aliphatic rings. The smallest absolute Gasteiger partial charge is 0.106 e. The van der Waals surface area contributed by atoms with Crippen molar-refractivity contribution in [2.24, 2.45) is 0 Å². The quantitative estimate of drug-likeness (QED) is 0.532. The molecule has 0 aliphatic heterocycles. The van der Waals surface area contributed by atoms with Gasteiger partial charge in [0, 0.05) is 18.5 Å². The number of nitrogens with zero attached hydrogens (tertiary/aromatic N) is 1. The second kappa shape index (κ2) is 5.46.